The van der Waals surface area contributed by atoms with Crippen molar-refractivity contribution in [2.24, 2.45) is 5.11 Å². The van der Waals surface area contributed by atoms with Gasteiger partial charge in [-0.05, 0) is 5.53 Å². The first kappa shape index (κ1) is 31.2. The molecule has 0 amide bonds. The minimum absolute atomic E-state index is 0. The number of alkyl halides is 1. The molecule has 0 fully saturated rings. The molecule has 0 aromatic carbocycles. The Balaban J connectivity index is -0.0000000535. The predicted molar refractivity (Wildman–Crippen MR) is 64.6 cm³/mol. The summed E-state index contributed by atoms with van der Waals surface area (Å²) in [6, 6.07) is 0. The Labute approximate surface area is 136 Å². The van der Waals surface area contributed by atoms with Gasteiger partial charge in [0.25, 0.3) is 0 Å². The number of aliphatic hydroxyl groups is 4. The quantitative estimate of drug-likeness (QED) is 0.132. The van der Waals surface area contributed by atoms with Gasteiger partial charge in [-0.15, -0.1) is 11.6 Å². The van der Waals surface area contributed by atoms with Crippen LogP contribution in [0.25, 0.3) is 26.4 Å². The number of hydrogen-bond donors (Lipinski definition) is 4. The molecule has 6 N–H and O–H groups in total. The minimum atomic E-state index is -0.911. The fourth-order valence-corrected chi connectivity index (χ4v) is 0.335. The topological polar surface area (TPSA) is 220 Å². The molecule has 0 saturated carbocycles. The fourth-order valence-electron chi connectivity index (χ4n) is 0.237. The first-order valence-electron chi connectivity index (χ1n) is 4.17. The molecule has 108 valence electrons. The number of nitrogens with zero attached hydrogens (tertiary/aromatic N) is 6. The molecule has 0 radical (unpaired) electrons. The molecule has 0 heterocycles. The van der Waals surface area contributed by atoms with Crippen LogP contribution in [-0.2, 0) is 0 Å². The fraction of sp³-hybridized carbons (Fsp3) is 1.00. The number of hydrogen-bond acceptors (Lipinski definition) is 5. The van der Waals surface area contributed by atoms with E-state index in [0.717, 1.165) is 0 Å². The van der Waals surface area contributed by atoms with Crippen LogP contribution in [-0.4, -0.2) is 63.7 Å². The average molecular weight is 311 g/mol. The van der Waals surface area contributed by atoms with Crippen molar-refractivity contribution in [2.75, 3.05) is 25.6 Å². The molecule has 0 spiro atoms. The van der Waals surface area contributed by atoms with E-state index in [1.807, 2.05) is 0 Å². The van der Waals surface area contributed by atoms with Gasteiger partial charge in [-0.3, -0.25) is 4.91 Å². The van der Waals surface area contributed by atoms with Crippen molar-refractivity contribution in [1.29, 1.82) is 0 Å². The van der Waals surface area contributed by atoms with Crippen molar-refractivity contribution in [3.05, 3.63) is 26.4 Å². The van der Waals surface area contributed by atoms with Crippen molar-refractivity contribution in [1.82, 2.24) is 0 Å². The molecular formula is C6H16ClN6NaO5. The monoisotopic (exact) mass is 310 g/mol. The zero-order valence-corrected chi connectivity index (χ0v) is 13.1. The van der Waals surface area contributed by atoms with Gasteiger partial charge >= 0.3 is 29.6 Å². The molecule has 0 rings (SSSR count). The van der Waals surface area contributed by atoms with Crippen LogP contribution in [0.2, 0.25) is 0 Å². The van der Waals surface area contributed by atoms with E-state index in [-0.39, 0.29) is 60.7 Å². The maximum absolute atomic E-state index is 8.47. The van der Waals surface area contributed by atoms with Gasteiger partial charge in [-0.2, -0.15) is 0 Å². The van der Waals surface area contributed by atoms with E-state index >= 15 is 0 Å². The Kier molecular flexibility index (Phi) is 50.3. The third kappa shape index (κ3) is 46.4. The SMILES string of the molecule is O.OCC(O)CCl.[N-]=[N+]=NCC(O)CO.[N-]=[N+]=[N-].[Na+]. The molecule has 0 aliphatic heterocycles. The summed E-state index contributed by atoms with van der Waals surface area (Å²) in [5, 5.41) is 35.9. The molecule has 0 aromatic rings. The van der Waals surface area contributed by atoms with Crippen LogP contribution in [0.5, 0.6) is 0 Å². The maximum Gasteiger partial charge on any atom is 1.00 e. The van der Waals surface area contributed by atoms with Crippen molar-refractivity contribution < 1.29 is 55.5 Å². The van der Waals surface area contributed by atoms with Crippen molar-refractivity contribution in [3.63, 3.8) is 0 Å². The Morgan fingerprint density at radius 2 is 1.42 bits per heavy atom. The van der Waals surface area contributed by atoms with Crippen LogP contribution < -0.4 is 29.6 Å². The molecule has 11 nitrogen and oxygen atoms in total. The van der Waals surface area contributed by atoms with Crippen LogP contribution in [0.4, 0.5) is 0 Å². The van der Waals surface area contributed by atoms with E-state index in [0.29, 0.717) is 0 Å². The van der Waals surface area contributed by atoms with Crippen molar-refractivity contribution >= 4 is 11.6 Å². The van der Waals surface area contributed by atoms with E-state index in [1.165, 1.54) is 4.91 Å². The first-order valence-corrected chi connectivity index (χ1v) is 4.70. The normalized spacial score (nSPS) is 10.2. The summed E-state index contributed by atoms with van der Waals surface area (Å²) in [7, 11) is 0. The second-order valence-corrected chi connectivity index (χ2v) is 2.64. The average Bonchev–Trinajstić information content (AvgIpc) is 2.36. The number of rotatable bonds is 5. The maximum atomic E-state index is 8.47. The van der Waals surface area contributed by atoms with E-state index < -0.39 is 12.2 Å². The van der Waals surface area contributed by atoms with Gasteiger partial charge in [-0.1, -0.05) is 5.11 Å². The third-order valence-corrected chi connectivity index (χ3v) is 1.31. The van der Waals surface area contributed by atoms with Gasteiger partial charge in [0.05, 0.1) is 37.8 Å². The second kappa shape index (κ2) is 30.6. The Bertz CT molecular complexity index is 234. The molecular weight excluding hydrogens is 295 g/mol. The van der Waals surface area contributed by atoms with Crippen LogP contribution in [0.1, 0.15) is 0 Å². The summed E-state index contributed by atoms with van der Waals surface area (Å²) in [6.07, 6.45) is -1.66. The number of halogens is 1. The Morgan fingerprint density at radius 3 is 1.58 bits per heavy atom. The summed E-state index contributed by atoms with van der Waals surface area (Å²) in [5.41, 5.74) is 21.2. The second-order valence-electron chi connectivity index (χ2n) is 2.33. The number of aliphatic hydroxyl groups excluding tert-OH is 4. The summed E-state index contributed by atoms with van der Waals surface area (Å²) >= 11 is 5.04. The van der Waals surface area contributed by atoms with Crippen LogP contribution in [0.15, 0.2) is 5.11 Å². The van der Waals surface area contributed by atoms with Crippen LogP contribution in [0.3, 0.4) is 0 Å². The molecule has 19 heavy (non-hydrogen) atoms. The largest absolute Gasteiger partial charge is 1.00 e. The van der Waals surface area contributed by atoms with Gasteiger partial charge < -0.3 is 37.0 Å². The van der Waals surface area contributed by atoms with E-state index in [9.17, 15) is 0 Å². The van der Waals surface area contributed by atoms with E-state index in [2.05, 4.69) is 10.0 Å². The molecule has 13 heteroatoms. The Morgan fingerprint density at radius 1 is 1.05 bits per heavy atom. The predicted octanol–water partition coefficient (Wildman–Crippen LogP) is -3.73. The summed E-state index contributed by atoms with van der Waals surface area (Å²) in [4.78, 5) is 3.88. The summed E-state index contributed by atoms with van der Waals surface area (Å²) < 4.78 is 0. The molecule has 2 unspecified atom stereocenters. The number of azide groups is 1. The standard InChI is InChI=1S/C3H7ClO2.C3H7N3O2.N3.Na.H2O/c4-1-3(6)2-5;4-6-5-1-3(8)2-7;1-3-2;;/h3,5-6H,1-2H2;3,7-8H,1-2H2;;;1H2/q;;-1;+1;. The zero-order valence-electron chi connectivity index (χ0n) is 10.3. The first-order chi connectivity index (χ1) is 8.03. The summed E-state index contributed by atoms with van der Waals surface area (Å²) in [6.45, 7) is -0.671. The van der Waals surface area contributed by atoms with Gasteiger partial charge in [-0.25, -0.2) is 0 Å². The molecule has 0 saturated heterocycles. The smallest absolute Gasteiger partial charge is 0.412 e. The molecule has 0 bridgehead atoms. The molecule has 0 aliphatic carbocycles. The van der Waals surface area contributed by atoms with Crippen LogP contribution in [0, 0.1) is 0 Å². The molecule has 0 aliphatic rings. The van der Waals surface area contributed by atoms with Gasteiger partial charge in [0, 0.05) is 4.91 Å². The minimum Gasteiger partial charge on any atom is -0.412 e. The Hall–Kier alpha value is -0.290. The van der Waals surface area contributed by atoms with E-state index in [1.54, 1.807) is 0 Å². The molecule has 2 atom stereocenters. The third-order valence-electron chi connectivity index (χ3n) is 0.955. The van der Waals surface area contributed by atoms with Crippen molar-refractivity contribution in [2.45, 2.75) is 12.2 Å². The van der Waals surface area contributed by atoms with Crippen LogP contribution >= 0.6 is 11.6 Å². The molecule has 0 aromatic heterocycles. The van der Waals surface area contributed by atoms with Gasteiger partial charge in [0.2, 0.25) is 0 Å². The summed E-state index contributed by atoms with van der Waals surface area (Å²) in [5.74, 6) is 0.108. The zero-order chi connectivity index (χ0) is 14.1. The van der Waals surface area contributed by atoms with E-state index in [4.69, 9.17) is 48.6 Å². The van der Waals surface area contributed by atoms with Crippen molar-refractivity contribution in [3.8, 4) is 0 Å². The van der Waals surface area contributed by atoms with Gasteiger partial charge in [0.1, 0.15) is 0 Å². The van der Waals surface area contributed by atoms with Gasteiger partial charge in [0.15, 0.2) is 0 Å².